The molecular formula is C11H15N3O2S. The van der Waals surface area contributed by atoms with E-state index in [9.17, 15) is 8.42 Å². The molecule has 92 valence electrons. The fourth-order valence-electron chi connectivity index (χ4n) is 1.33. The molecular weight excluding hydrogens is 238 g/mol. The first-order valence-corrected chi connectivity index (χ1v) is 6.79. The molecule has 0 saturated heterocycles. The molecule has 0 aliphatic heterocycles. The molecule has 0 aliphatic rings. The lowest BCUT2D eigenvalue weighted by Gasteiger charge is -2.08. The van der Waals surface area contributed by atoms with Gasteiger partial charge in [-0.2, -0.15) is 5.26 Å². The number of hydrogen-bond donors (Lipinski definition) is 2. The van der Waals surface area contributed by atoms with Crippen molar-refractivity contribution >= 4 is 15.7 Å². The zero-order valence-electron chi connectivity index (χ0n) is 9.82. The van der Waals surface area contributed by atoms with E-state index >= 15 is 0 Å². The van der Waals surface area contributed by atoms with Gasteiger partial charge in [-0.3, -0.25) is 0 Å². The van der Waals surface area contributed by atoms with Gasteiger partial charge in [0.1, 0.15) is 6.07 Å². The normalized spacial score (nSPS) is 10.9. The van der Waals surface area contributed by atoms with Crippen LogP contribution in [0.1, 0.15) is 11.1 Å². The zero-order valence-corrected chi connectivity index (χ0v) is 10.6. The van der Waals surface area contributed by atoms with Gasteiger partial charge in [-0.15, -0.1) is 0 Å². The molecule has 6 heteroatoms. The van der Waals surface area contributed by atoms with Crippen molar-refractivity contribution in [3.05, 3.63) is 29.3 Å². The number of benzene rings is 1. The first-order valence-electron chi connectivity index (χ1n) is 5.14. The van der Waals surface area contributed by atoms with Gasteiger partial charge in [0.2, 0.25) is 10.0 Å². The summed E-state index contributed by atoms with van der Waals surface area (Å²) in [5, 5.41) is 11.9. The van der Waals surface area contributed by atoms with E-state index in [0.29, 0.717) is 11.3 Å². The minimum absolute atomic E-state index is 0.0256. The molecule has 1 rings (SSSR count). The van der Waals surface area contributed by atoms with Crippen LogP contribution >= 0.6 is 0 Å². The van der Waals surface area contributed by atoms with E-state index in [1.165, 1.54) is 7.05 Å². The summed E-state index contributed by atoms with van der Waals surface area (Å²) in [7, 11) is -1.84. The third-order valence-corrected chi connectivity index (χ3v) is 3.66. The van der Waals surface area contributed by atoms with Crippen LogP contribution in [-0.2, 0) is 10.0 Å². The van der Waals surface area contributed by atoms with Crippen molar-refractivity contribution in [2.24, 2.45) is 0 Å². The van der Waals surface area contributed by atoms with Crippen LogP contribution in [0, 0.1) is 18.3 Å². The minimum Gasteiger partial charge on any atom is -0.383 e. The van der Waals surface area contributed by atoms with Crippen LogP contribution in [0.3, 0.4) is 0 Å². The van der Waals surface area contributed by atoms with Crippen LogP contribution in [0.2, 0.25) is 0 Å². The Morgan fingerprint density at radius 1 is 1.41 bits per heavy atom. The number of hydrogen-bond acceptors (Lipinski definition) is 4. The minimum atomic E-state index is -3.21. The Morgan fingerprint density at radius 2 is 2.12 bits per heavy atom. The summed E-state index contributed by atoms with van der Waals surface area (Å²) in [5.74, 6) is -0.0256. The third-order valence-electron chi connectivity index (χ3n) is 2.29. The molecule has 0 bridgehead atoms. The number of nitrogens with one attached hydrogen (secondary N) is 2. The van der Waals surface area contributed by atoms with Crippen molar-refractivity contribution in [1.29, 1.82) is 5.26 Å². The van der Waals surface area contributed by atoms with E-state index in [4.69, 9.17) is 5.26 Å². The van der Waals surface area contributed by atoms with Gasteiger partial charge >= 0.3 is 0 Å². The Morgan fingerprint density at radius 3 is 2.71 bits per heavy atom. The number of anilines is 1. The molecule has 5 nitrogen and oxygen atoms in total. The highest BCUT2D eigenvalue weighted by molar-refractivity contribution is 7.89. The summed E-state index contributed by atoms with van der Waals surface area (Å²) in [6.07, 6.45) is 0. The van der Waals surface area contributed by atoms with Gasteiger partial charge in [0.05, 0.1) is 17.0 Å². The number of nitrogens with zero attached hydrogens (tertiary/aromatic N) is 1. The molecule has 0 unspecified atom stereocenters. The van der Waals surface area contributed by atoms with E-state index in [1.807, 2.05) is 13.0 Å². The Hall–Kier alpha value is -1.58. The van der Waals surface area contributed by atoms with Crippen molar-refractivity contribution in [2.45, 2.75) is 6.92 Å². The summed E-state index contributed by atoms with van der Waals surface area (Å²) in [6, 6.07) is 7.48. The Kier molecular flexibility index (Phi) is 4.49. The third kappa shape index (κ3) is 4.06. The van der Waals surface area contributed by atoms with Crippen molar-refractivity contribution in [2.75, 3.05) is 24.7 Å². The summed E-state index contributed by atoms with van der Waals surface area (Å²) >= 11 is 0. The predicted molar refractivity (Wildman–Crippen MR) is 67.2 cm³/mol. The molecule has 0 atom stereocenters. The second-order valence-electron chi connectivity index (χ2n) is 3.61. The highest BCUT2D eigenvalue weighted by Gasteiger charge is 2.07. The lowest BCUT2D eigenvalue weighted by molar-refractivity contribution is 0.588. The van der Waals surface area contributed by atoms with Crippen molar-refractivity contribution in [1.82, 2.24) is 4.72 Å². The van der Waals surface area contributed by atoms with Crippen molar-refractivity contribution in [3.63, 3.8) is 0 Å². The Balaban J connectivity index is 2.68. The van der Waals surface area contributed by atoms with Gasteiger partial charge in [-0.25, -0.2) is 13.1 Å². The number of rotatable bonds is 5. The second-order valence-corrected chi connectivity index (χ2v) is 5.66. The molecule has 1 aromatic carbocycles. The van der Waals surface area contributed by atoms with Gasteiger partial charge in [0.25, 0.3) is 0 Å². The Labute approximate surface area is 102 Å². The Bertz CT molecular complexity index is 532. The van der Waals surface area contributed by atoms with Crippen molar-refractivity contribution < 1.29 is 8.42 Å². The molecule has 0 aromatic heterocycles. The molecule has 0 heterocycles. The lowest BCUT2D eigenvalue weighted by Crippen LogP contribution is -2.26. The van der Waals surface area contributed by atoms with E-state index in [-0.39, 0.29) is 12.3 Å². The van der Waals surface area contributed by atoms with Crippen LogP contribution in [0.15, 0.2) is 18.2 Å². The molecule has 0 spiro atoms. The number of nitriles is 1. The molecule has 17 heavy (non-hydrogen) atoms. The summed E-state index contributed by atoms with van der Waals surface area (Å²) in [6.45, 7) is 2.16. The van der Waals surface area contributed by atoms with E-state index in [2.05, 4.69) is 16.1 Å². The second kappa shape index (κ2) is 5.66. The van der Waals surface area contributed by atoms with Crippen LogP contribution in [0.25, 0.3) is 0 Å². The maximum absolute atomic E-state index is 11.2. The fourth-order valence-corrected chi connectivity index (χ4v) is 1.90. The van der Waals surface area contributed by atoms with Gasteiger partial charge in [-0.1, -0.05) is 6.07 Å². The van der Waals surface area contributed by atoms with Crippen LogP contribution < -0.4 is 10.0 Å². The lowest BCUT2D eigenvalue weighted by atomic mass is 10.1. The predicted octanol–water partition coefficient (Wildman–Crippen LogP) is 0.828. The smallest absolute Gasteiger partial charge is 0.213 e. The van der Waals surface area contributed by atoms with Gasteiger partial charge < -0.3 is 5.32 Å². The summed E-state index contributed by atoms with van der Waals surface area (Å²) < 4.78 is 24.6. The van der Waals surface area contributed by atoms with E-state index in [0.717, 1.165) is 5.56 Å². The topological polar surface area (TPSA) is 82.0 Å². The van der Waals surface area contributed by atoms with Gasteiger partial charge in [-0.05, 0) is 31.7 Å². The number of sulfonamides is 1. The van der Waals surface area contributed by atoms with Crippen molar-refractivity contribution in [3.8, 4) is 6.07 Å². The SMILES string of the molecule is CNS(=O)(=O)CCNc1ccc(C)cc1C#N. The average molecular weight is 253 g/mol. The maximum atomic E-state index is 11.2. The van der Waals surface area contributed by atoms with E-state index < -0.39 is 10.0 Å². The quantitative estimate of drug-likeness (QED) is 0.814. The molecule has 0 amide bonds. The van der Waals surface area contributed by atoms with Gasteiger partial charge in [0, 0.05) is 6.54 Å². The standard InChI is InChI=1S/C11H15N3O2S/c1-9-3-4-11(10(7-9)8-12)14-5-6-17(15,16)13-2/h3-4,7,13-14H,5-6H2,1-2H3. The molecule has 0 fully saturated rings. The molecule has 0 saturated carbocycles. The molecule has 0 radical (unpaired) electrons. The molecule has 2 N–H and O–H groups in total. The summed E-state index contributed by atoms with van der Waals surface area (Å²) in [5.41, 5.74) is 2.17. The van der Waals surface area contributed by atoms with Crippen LogP contribution in [0.4, 0.5) is 5.69 Å². The van der Waals surface area contributed by atoms with Gasteiger partial charge in [0.15, 0.2) is 0 Å². The zero-order chi connectivity index (χ0) is 12.9. The summed E-state index contributed by atoms with van der Waals surface area (Å²) in [4.78, 5) is 0. The number of aryl methyl sites for hydroxylation is 1. The van der Waals surface area contributed by atoms with Crippen LogP contribution in [-0.4, -0.2) is 27.8 Å². The monoisotopic (exact) mass is 253 g/mol. The highest BCUT2D eigenvalue weighted by atomic mass is 32.2. The first-order chi connectivity index (χ1) is 7.98. The average Bonchev–Trinajstić information content (AvgIpc) is 2.30. The fraction of sp³-hybridized carbons (Fsp3) is 0.364. The maximum Gasteiger partial charge on any atom is 0.213 e. The van der Waals surface area contributed by atoms with E-state index in [1.54, 1.807) is 12.1 Å². The van der Waals surface area contributed by atoms with Crippen LogP contribution in [0.5, 0.6) is 0 Å². The largest absolute Gasteiger partial charge is 0.383 e. The first kappa shape index (κ1) is 13.5. The molecule has 1 aromatic rings. The highest BCUT2D eigenvalue weighted by Crippen LogP contribution is 2.15. The molecule has 0 aliphatic carbocycles.